The Morgan fingerprint density at radius 1 is 1.78 bits per heavy atom. The largest absolute Gasteiger partial charge is 0.392 e. The van der Waals surface area contributed by atoms with E-state index in [2.05, 4.69) is 10.2 Å². The van der Waals surface area contributed by atoms with Crippen molar-refractivity contribution in [3.8, 4) is 0 Å². The van der Waals surface area contributed by atoms with Gasteiger partial charge >= 0.3 is 0 Å². The average molecular weight is 124 g/mol. The first kappa shape index (κ1) is 6.04. The molecular formula is C6H8N2O. The Labute approximate surface area is 53.0 Å². The summed E-state index contributed by atoms with van der Waals surface area (Å²) in [5.74, 6) is 0. The van der Waals surface area contributed by atoms with E-state index in [-0.39, 0.29) is 6.61 Å². The van der Waals surface area contributed by atoms with E-state index in [1.807, 2.05) is 0 Å². The van der Waals surface area contributed by atoms with Gasteiger partial charge in [0.1, 0.15) is 0 Å². The van der Waals surface area contributed by atoms with E-state index in [1.165, 1.54) is 0 Å². The lowest BCUT2D eigenvalue weighted by Gasteiger charge is -1.77. The monoisotopic (exact) mass is 124 g/mol. The van der Waals surface area contributed by atoms with E-state index in [4.69, 9.17) is 5.11 Å². The lowest BCUT2D eigenvalue weighted by atomic mass is 10.3. The second-order valence-corrected chi connectivity index (χ2v) is 1.62. The first-order valence-corrected chi connectivity index (χ1v) is 2.69. The molecule has 0 fully saturated rings. The molecule has 3 nitrogen and oxygen atoms in total. The molecule has 3 heteroatoms. The molecule has 1 aromatic heterocycles. The Morgan fingerprint density at radius 3 is 3.22 bits per heavy atom. The van der Waals surface area contributed by atoms with Crippen molar-refractivity contribution in [3.63, 3.8) is 0 Å². The standard InChI is InChI=1S/C6H8N2O/c9-3-1-2-6-4-7-8-5-6/h1-2,4-5,9H,3H2,(H,7,8)/b2-1+. The van der Waals surface area contributed by atoms with Crippen molar-refractivity contribution in [3.05, 3.63) is 24.0 Å². The molecule has 0 spiro atoms. The molecule has 1 rings (SSSR count). The van der Waals surface area contributed by atoms with Crippen molar-refractivity contribution in [1.29, 1.82) is 0 Å². The summed E-state index contributed by atoms with van der Waals surface area (Å²) in [4.78, 5) is 0. The van der Waals surface area contributed by atoms with Crippen LogP contribution in [0.25, 0.3) is 6.08 Å². The van der Waals surface area contributed by atoms with Crippen LogP contribution in [0.2, 0.25) is 0 Å². The topological polar surface area (TPSA) is 48.9 Å². The van der Waals surface area contributed by atoms with Crippen LogP contribution >= 0.6 is 0 Å². The highest BCUT2D eigenvalue weighted by Crippen LogP contribution is 1.94. The fourth-order valence-electron chi connectivity index (χ4n) is 0.541. The van der Waals surface area contributed by atoms with Gasteiger partial charge in [0, 0.05) is 11.8 Å². The van der Waals surface area contributed by atoms with Crippen LogP contribution < -0.4 is 0 Å². The van der Waals surface area contributed by atoms with Crippen LogP contribution in [0, 0.1) is 0 Å². The number of rotatable bonds is 2. The molecule has 0 unspecified atom stereocenters. The zero-order valence-electron chi connectivity index (χ0n) is 4.91. The van der Waals surface area contributed by atoms with Crippen LogP contribution in [0.4, 0.5) is 0 Å². The van der Waals surface area contributed by atoms with Crippen molar-refractivity contribution in [1.82, 2.24) is 10.2 Å². The quantitative estimate of drug-likeness (QED) is 0.600. The summed E-state index contributed by atoms with van der Waals surface area (Å²) in [6.45, 7) is 0.0746. The van der Waals surface area contributed by atoms with Gasteiger partial charge in [0.2, 0.25) is 0 Å². The van der Waals surface area contributed by atoms with Gasteiger partial charge in [-0.25, -0.2) is 0 Å². The zero-order chi connectivity index (χ0) is 6.53. The summed E-state index contributed by atoms with van der Waals surface area (Å²) in [6.07, 6.45) is 6.90. The van der Waals surface area contributed by atoms with E-state index in [0.717, 1.165) is 5.56 Å². The molecule has 0 amide bonds. The summed E-state index contributed by atoms with van der Waals surface area (Å²) in [6, 6.07) is 0. The third-order valence-corrected chi connectivity index (χ3v) is 0.935. The smallest absolute Gasteiger partial charge is 0.0615 e. The Kier molecular flexibility index (Phi) is 2.04. The van der Waals surface area contributed by atoms with Crippen molar-refractivity contribution in [2.45, 2.75) is 0 Å². The molecule has 0 atom stereocenters. The van der Waals surface area contributed by atoms with Crippen LogP contribution in [-0.4, -0.2) is 21.9 Å². The van der Waals surface area contributed by atoms with Crippen LogP contribution in [0.15, 0.2) is 18.5 Å². The molecule has 0 bridgehead atoms. The van der Waals surface area contributed by atoms with Crippen molar-refractivity contribution in [2.24, 2.45) is 0 Å². The van der Waals surface area contributed by atoms with E-state index in [1.54, 1.807) is 24.5 Å². The Bertz CT molecular complexity index is 179. The lowest BCUT2D eigenvalue weighted by Crippen LogP contribution is -1.69. The molecule has 1 heterocycles. The minimum atomic E-state index is 0.0746. The maximum Gasteiger partial charge on any atom is 0.0615 e. The van der Waals surface area contributed by atoms with Gasteiger partial charge in [-0.3, -0.25) is 5.10 Å². The van der Waals surface area contributed by atoms with Gasteiger partial charge in [0.15, 0.2) is 0 Å². The first-order valence-electron chi connectivity index (χ1n) is 2.69. The molecule has 2 N–H and O–H groups in total. The van der Waals surface area contributed by atoms with Crippen LogP contribution in [0.5, 0.6) is 0 Å². The Balaban J connectivity index is 2.57. The predicted molar refractivity (Wildman–Crippen MR) is 34.7 cm³/mol. The van der Waals surface area contributed by atoms with Crippen LogP contribution in [-0.2, 0) is 0 Å². The summed E-state index contributed by atoms with van der Waals surface area (Å²) in [5, 5.41) is 14.7. The molecule has 0 radical (unpaired) electrons. The number of hydrogen-bond acceptors (Lipinski definition) is 2. The van der Waals surface area contributed by atoms with Gasteiger partial charge in [0.05, 0.1) is 12.8 Å². The number of aromatic amines is 1. The van der Waals surface area contributed by atoms with Gasteiger partial charge in [-0.1, -0.05) is 12.2 Å². The lowest BCUT2D eigenvalue weighted by molar-refractivity contribution is 0.343. The molecule has 0 aromatic carbocycles. The Morgan fingerprint density at radius 2 is 2.67 bits per heavy atom. The molecule has 0 saturated heterocycles. The number of aromatic nitrogens is 2. The fourth-order valence-corrected chi connectivity index (χ4v) is 0.541. The van der Waals surface area contributed by atoms with Crippen LogP contribution in [0.1, 0.15) is 5.56 Å². The van der Waals surface area contributed by atoms with Gasteiger partial charge in [-0.05, 0) is 0 Å². The number of hydrogen-bond donors (Lipinski definition) is 2. The fraction of sp³-hybridized carbons (Fsp3) is 0.167. The second kappa shape index (κ2) is 3.04. The number of nitrogens with zero attached hydrogens (tertiary/aromatic N) is 1. The molecule has 0 aliphatic rings. The van der Waals surface area contributed by atoms with Gasteiger partial charge in [-0.15, -0.1) is 0 Å². The second-order valence-electron chi connectivity index (χ2n) is 1.62. The SMILES string of the molecule is OC/C=C/c1cn[nH]c1. The van der Waals surface area contributed by atoms with Gasteiger partial charge in [-0.2, -0.15) is 5.10 Å². The number of H-pyrrole nitrogens is 1. The predicted octanol–water partition coefficient (Wildman–Crippen LogP) is 0.415. The van der Waals surface area contributed by atoms with E-state index in [9.17, 15) is 0 Å². The minimum Gasteiger partial charge on any atom is -0.392 e. The van der Waals surface area contributed by atoms with Gasteiger partial charge < -0.3 is 5.11 Å². The van der Waals surface area contributed by atoms with Crippen molar-refractivity contribution >= 4 is 6.08 Å². The number of nitrogens with one attached hydrogen (secondary N) is 1. The maximum atomic E-state index is 8.35. The third-order valence-electron chi connectivity index (χ3n) is 0.935. The summed E-state index contributed by atoms with van der Waals surface area (Å²) in [7, 11) is 0. The highest BCUT2D eigenvalue weighted by atomic mass is 16.2. The van der Waals surface area contributed by atoms with E-state index < -0.39 is 0 Å². The zero-order valence-corrected chi connectivity index (χ0v) is 4.91. The van der Waals surface area contributed by atoms with Crippen molar-refractivity contribution < 1.29 is 5.11 Å². The molecule has 9 heavy (non-hydrogen) atoms. The summed E-state index contributed by atoms with van der Waals surface area (Å²) in [5.41, 5.74) is 0.976. The third kappa shape index (κ3) is 1.70. The molecule has 0 aliphatic carbocycles. The summed E-state index contributed by atoms with van der Waals surface area (Å²) < 4.78 is 0. The maximum absolute atomic E-state index is 8.35. The minimum absolute atomic E-state index is 0.0746. The van der Waals surface area contributed by atoms with Crippen LogP contribution in [0.3, 0.4) is 0 Å². The van der Waals surface area contributed by atoms with E-state index >= 15 is 0 Å². The summed E-state index contributed by atoms with van der Waals surface area (Å²) >= 11 is 0. The highest BCUT2D eigenvalue weighted by Gasteiger charge is 1.82. The average Bonchev–Trinajstić information content (AvgIpc) is 2.34. The Hall–Kier alpha value is -1.09. The molecule has 1 aromatic rings. The number of aliphatic hydroxyl groups excluding tert-OH is 1. The molecular weight excluding hydrogens is 116 g/mol. The normalized spacial score (nSPS) is 10.8. The highest BCUT2D eigenvalue weighted by molar-refractivity contribution is 5.46. The van der Waals surface area contributed by atoms with Crippen molar-refractivity contribution in [2.75, 3.05) is 6.61 Å². The first-order chi connectivity index (χ1) is 4.43. The molecule has 48 valence electrons. The molecule has 0 saturated carbocycles. The molecule has 0 aliphatic heterocycles. The number of aliphatic hydroxyl groups is 1. The van der Waals surface area contributed by atoms with E-state index in [0.29, 0.717) is 0 Å². The van der Waals surface area contributed by atoms with Gasteiger partial charge in [0.25, 0.3) is 0 Å².